The van der Waals surface area contributed by atoms with Gasteiger partial charge in [-0.2, -0.15) is 0 Å². The number of aliphatic hydroxyl groups excluding tert-OH is 1. The first-order chi connectivity index (χ1) is 8.16. The maximum Gasteiger partial charge on any atom is 0.125 e. The van der Waals surface area contributed by atoms with Crippen molar-refractivity contribution in [2.24, 2.45) is 0 Å². The van der Waals surface area contributed by atoms with Crippen LogP contribution in [0.3, 0.4) is 0 Å². The summed E-state index contributed by atoms with van der Waals surface area (Å²) in [6.07, 6.45) is 1.23. The van der Waals surface area contributed by atoms with Gasteiger partial charge in [0.1, 0.15) is 12.4 Å². The van der Waals surface area contributed by atoms with Crippen molar-refractivity contribution in [1.82, 2.24) is 4.98 Å². The minimum atomic E-state index is -0.552. The van der Waals surface area contributed by atoms with Crippen molar-refractivity contribution in [3.05, 3.63) is 44.8 Å². The molecule has 0 saturated carbocycles. The highest BCUT2D eigenvalue weighted by Crippen LogP contribution is 2.29. The second kappa shape index (κ2) is 5.62. The van der Waals surface area contributed by atoms with Crippen molar-refractivity contribution in [2.75, 3.05) is 0 Å². The predicted octanol–water partition coefficient (Wildman–Crippen LogP) is 3.54. The van der Waals surface area contributed by atoms with E-state index in [1.807, 2.05) is 18.2 Å². The summed E-state index contributed by atoms with van der Waals surface area (Å²) in [6.45, 7) is 2.20. The van der Waals surface area contributed by atoms with Gasteiger partial charge in [-0.3, -0.25) is 4.98 Å². The Hall–Kier alpha value is -0.910. The second-order valence-electron chi connectivity index (χ2n) is 3.61. The summed E-state index contributed by atoms with van der Waals surface area (Å²) in [6, 6.07) is 5.62. The van der Waals surface area contributed by atoms with E-state index in [1.54, 1.807) is 30.0 Å². The van der Waals surface area contributed by atoms with Gasteiger partial charge in [-0.25, -0.2) is 0 Å². The second-order valence-corrected chi connectivity index (χ2v) is 5.50. The Morgan fingerprint density at radius 3 is 3.00 bits per heavy atom. The molecule has 0 spiro atoms. The lowest BCUT2D eigenvalue weighted by Crippen LogP contribution is -2.00. The lowest BCUT2D eigenvalue weighted by atomic mass is 10.1. The van der Waals surface area contributed by atoms with E-state index in [-0.39, 0.29) is 0 Å². The molecule has 2 aromatic rings. The fourth-order valence-corrected chi connectivity index (χ4v) is 2.32. The quantitative estimate of drug-likeness (QED) is 0.938. The zero-order valence-electron chi connectivity index (χ0n) is 9.26. The smallest absolute Gasteiger partial charge is 0.125 e. The standard InChI is InChI=1S/C12H12BrNO2S/c1-8(15)11-4-9(13)2-3-12(11)16-6-10-5-14-7-17-10/h2-5,7-8,15H,6H2,1H3/t8-/m1/s1. The fraction of sp³-hybridized carbons (Fsp3) is 0.250. The van der Waals surface area contributed by atoms with Crippen LogP contribution in [0.1, 0.15) is 23.5 Å². The van der Waals surface area contributed by atoms with Crippen LogP contribution in [0.25, 0.3) is 0 Å². The molecule has 1 atom stereocenters. The zero-order chi connectivity index (χ0) is 12.3. The van der Waals surface area contributed by atoms with Gasteiger partial charge < -0.3 is 9.84 Å². The normalized spacial score (nSPS) is 12.4. The van der Waals surface area contributed by atoms with Crippen LogP contribution in [0.4, 0.5) is 0 Å². The number of thiazole rings is 1. The third-order valence-electron chi connectivity index (χ3n) is 2.28. The Morgan fingerprint density at radius 2 is 2.35 bits per heavy atom. The minimum Gasteiger partial charge on any atom is -0.488 e. The summed E-state index contributed by atoms with van der Waals surface area (Å²) in [4.78, 5) is 5.05. The number of hydrogen-bond donors (Lipinski definition) is 1. The van der Waals surface area contributed by atoms with Crippen LogP contribution in [0, 0.1) is 0 Å². The number of aromatic nitrogens is 1. The van der Waals surface area contributed by atoms with Crippen molar-refractivity contribution < 1.29 is 9.84 Å². The van der Waals surface area contributed by atoms with Crippen molar-refractivity contribution in [1.29, 1.82) is 0 Å². The molecule has 1 heterocycles. The number of aliphatic hydroxyl groups is 1. The Morgan fingerprint density at radius 1 is 1.53 bits per heavy atom. The van der Waals surface area contributed by atoms with Crippen molar-refractivity contribution in [3.63, 3.8) is 0 Å². The highest BCUT2D eigenvalue weighted by Gasteiger charge is 2.10. The van der Waals surface area contributed by atoms with Gasteiger partial charge in [0.15, 0.2) is 0 Å². The van der Waals surface area contributed by atoms with Crippen LogP contribution in [0.2, 0.25) is 0 Å². The molecule has 0 radical (unpaired) electrons. The van der Waals surface area contributed by atoms with Crippen LogP contribution in [-0.4, -0.2) is 10.1 Å². The van der Waals surface area contributed by atoms with Gasteiger partial charge >= 0.3 is 0 Å². The van der Waals surface area contributed by atoms with Gasteiger partial charge in [0.25, 0.3) is 0 Å². The van der Waals surface area contributed by atoms with Gasteiger partial charge in [-0.1, -0.05) is 15.9 Å². The third kappa shape index (κ3) is 3.28. The van der Waals surface area contributed by atoms with Crippen LogP contribution < -0.4 is 4.74 Å². The average Bonchev–Trinajstić information content (AvgIpc) is 2.80. The van der Waals surface area contributed by atoms with E-state index in [9.17, 15) is 5.11 Å². The van der Waals surface area contributed by atoms with Gasteiger partial charge in [-0.05, 0) is 25.1 Å². The van der Waals surface area contributed by atoms with Crippen LogP contribution >= 0.6 is 27.3 Å². The van der Waals surface area contributed by atoms with Crippen LogP contribution in [0.5, 0.6) is 5.75 Å². The molecule has 0 saturated heterocycles. The number of ether oxygens (including phenoxy) is 1. The van der Waals surface area contributed by atoms with Crippen LogP contribution in [-0.2, 0) is 6.61 Å². The number of nitrogens with zero attached hydrogens (tertiary/aromatic N) is 1. The molecular weight excluding hydrogens is 302 g/mol. The number of rotatable bonds is 4. The number of benzene rings is 1. The molecule has 0 aliphatic carbocycles. The molecule has 0 aliphatic rings. The molecule has 1 aromatic heterocycles. The minimum absolute atomic E-state index is 0.478. The first-order valence-corrected chi connectivity index (χ1v) is 6.82. The first-order valence-electron chi connectivity index (χ1n) is 5.14. The zero-order valence-corrected chi connectivity index (χ0v) is 11.7. The van der Waals surface area contributed by atoms with Crippen molar-refractivity contribution in [3.8, 4) is 5.75 Å². The molecule has 17 heavy (non-hydrogen) atoms. The van der Waals surface area contributed by atoms with E-state index in [0.717, 1.165) is 14.9 Å². The first kappa shape index (κ1) is 12.5. The van der Waals surface area contributed by atoms with Crippen molar-refractivity contribution >= 4 is 27.3 Å². The molecule has 0 aliphatic heterocycles. The Kier molecular flexibility index (Phi) is 4.15. The molecule has 1 N–H and O–H groups in total. The third-order valence-corrected chi connectivity index (χ3v) is 3.52. The number of hydrogen-bond acceptors (Lipinski definition) is 4. The Balaban J connectivity index is 2.14. The Bertz CT molecular complexity index is 485. The predicted molar refractivity (Wildman–Crippen MR) is 71.2 cm³/mol. The highest BCUT2D eigenvalue weighted by molar-refractivity contribution is 9.10. The summed E-state index contributed by atoms with van der Waals surface area (Å²) in [5.74, 6) is 0.705. The fourth-order valence-electron chi connectivity index (χ4n) is 1.44. The molecule has 1 aromatic carbocycles. The molecule has 90 valence electrons. The number of halogens is 1. The van der Waals surface area contributed by atoms with E-state index in [1.165, 1.54) is 0 Å². The van der Waals surface area contributed by atoms with E-state index >= 15 is 0 Å². The molecule has 0 unspecified atom stereocenters. The van der Waals surface area contributed by atoms with Gasteiger partial charge in [0.05, 0.1) is 16.5 Å². The summed E-state index contributed by atoms with van der Waals surface area (Å²) in [5, 5.41) is 9.68. The maximum atomic E-state index is 9.68. The Labute approximate surface area is 112 Å². The van der Waals surface area contributed by atoms with Crippen LogP contribution in [0.15, 0.2) is 34.4 Å². The van der Waals surface area contributed by atoms with E-state index in [0.29, 0.717) is 12.4 Å². The van der Waals surface area contributed by atoms with E-state index < -0.39 is 6.10 Å². The topological polar surface area (TPSA) is 42.4 Å². The summed E-state index contributed by atoms with van der Waals surface area (Å²) >= 11 is 4.93. The monoisotopic (exact) mass is 313 g/mol. The van der Waals surface area contributed by atoms with Gasteiger partial charge in [0.2, 0.25) is 0 Å². The molecule has 2 rings (SSSR count). The highest BCUT2D eigenvalue weighted by atomic mass is 79.9. The lowest BCUT2D eigenvalue weighted by Gasteiger charge is -2.13. The molecule has 0 bridgehead atoms. The van der Waals surface area contributed by atoms with E-state index in [4.69, 9.17) is 4.74 Å². The molecule has 0 amide bonds. The molecule has 3 nitrogen and oxygen atoms in total. The summed E-state index contributed by atoms with van der Waals surface area (Å²) in [7, 11) is 0. The summed E-state index contributed by atoms with van der Waals surface area (Å²) < 4.78 is 6.62. The molecule has 0 fully saturated rings. The van der Waals surface area contributed by atoms with E-state index in [2.05, 4.69) is 20.9 Å². The average molecular weight is 314 g/mol. The molecular formula is C12H12BrNO2S. The molecule has 5 heteroatoms. The van der Waals surface area contributed by atoms with Crippen molar-refractivity contribution in [2.45, 2.75) is 19.6 Å². The maximum absolute atomic E-state index is 9.68. The largest absolute Gasteiger partial charge is 0.488 e. The lowest BCUT2D eigenvalue weighted by molar-refractivity contribution is 0.190. The SMILES string of the molecule is C[C@@H](O)c1cc(Br)ccc1OCc1cncs1. The van der Waals surface area contributed by atoms with Gasteiger partial charge in [-0.15, -0.1) is 11.3 Å². The summed E-state index contributed by atoms with van der Waals surface area (Å²) in [5.41, 5.74) is 2.56. The van der Waals surface area contributed by atoms with Gasteiger partial charge in [0, 0.05) is 16.2 Å².